The minimum atomic E-state index is 0.765. The minimum absolute atomic E-state index is 0.765. The van der Waals surface area contributed by atoms with Gasteiger partial charge in [0, 0.05) is 0 Å². The second kappa shape index (κ2) is 8.84. The van der Waals surface area contributed by atoms with Gasteiger partial charge >= 0.3 is 0 Å². The second-order valence-corrected chi connectivity index (χ2v) is 5.32. The zero-order valence-electron chi connectivity index (χ0n) is 12.3. The topological polar surface area (TPSA) is 0 Å². The first-order chi connectivity index (χ1) is 7.58. The molecule has 3 unspecified atom stereocenters. The van der Waals surface area contributed by atoms with Gasteiger partial charge in [0.1, 0.15) is 0 Å². The molecule has 0 radical (unpaired) electrons. The third-order valence-electron chi connectivity index (χ3n) is 4.20. The van der Waals surface area contributed by atoms with E-state index in [1.807, 2.05) is 0 Å². The van der Waals surface area contributed by atoms with Crippen molar-refractivity contribution >= 4 is 0 Å². The summed E-state index contributed by atoms with van der Waals surface area (Å²) in [5.74, 6) is 2.43. The highest BCUT2D eigenvalue weighted by molar-refractivity contribution is 5.07. The Morgan fingerprint density at radius 2 is 1.69 bits per heavy atom. The summed E-state index contributed by atoms with van der Waals surface area (Å²) >= 11 is 0. The molecule has 0 nitrogen and oxygen atoms in total. The van der Waals surface area contributed by atoms with Gasteiger partial charge in [-0.1, -0.05) is 66.0 Å². The van der Waals surface area contributed by atoms with E-state index in [9.17, 15) is 0 Å². The van der Waals surface area contributed by atoms with Crippen LogP contribution in [0.15, 0.2) is 11.6 Å². The number of allylic oxidation sites excluding steroid dienone is 2. The lowest BCUT2D eigenvalue weighted by atomic mass is 9.78. The fourth-order valence-electron chi connectivity index (χ4n) is 2.36. The maximum absolute atomic E-state index is 2.47. The van der Waals surface area contributed by atoms with Crippen molar-refractivity contribution in [2.75, 3.05) is 0 Å². The minimum Gasteiger partial charge on any atom is -0.0853 e. The molecule has 0 aromatic carbocycles. The number of hydrogen-bond donors (Lipinski definition) is 0. The molecule has 0 rings (SSSR count). The van der Waals surface area contributed by atoms with Gasteiger partial charge in [0.2, 0.25) is 0 Å². The highest BCUT2D eigenvalue weighted by Gasteiger charge is 2.20. The molecule has 0 saturated heterocycles. The van der Waals surface area contributed by atoms with Crippen molar-refractivity contribution in [3.8, 4) is 0 Å². The van der Waals surface area contributed by atoms with E-state index in [2.05, 4.69) is 47.6 Å². The molecule has 0 heteroatoms. The van der Waals surface area contributed by atoms with Gasteiger partial charge in [-0.2, -0.15) is 0 Å². The van der Waals surface area contributed by atoms with Crippen molar-refractivity contribution in [2.24, 2.45) is 17.8 Å². The van der Waals surface area contributed by atoms with E-state index >= 15 is 0 Å². The van der Waals surface area contributed by atoms with Crippen LogP contribution >= 0.6 is 0 Å². The van der Waals surface area contributed by atoms with Crippen molar-refractivity contribution in [3.05, 3.63) is 11.6 Å². The predicted octanol–water partition coefficient (Wildman–Crippen LogP) is 5.83. The molecule has 3 atom stereocenters. The molecule has 0 spiro atoms. The van der Waals surface area contributed by atoms with Crippen LogP contribution in [0.4, 0.5) is 0 Å². The third-order valence-corrected chi connectivity index (χ3v) is 4.20. The lowest BCUT2D eigenvalue weighted by Gasteiger charge is -2.28. The maximum Gasteiger partial charge on any atom is -0.0203 e. The number of unbranched alkanes of at least 4 members (excludes halogenated alkanes) is 1. The second-order valence-electron chi connectivity index (χ2n) is 5.32. The first-order valence-corrected chi connectivity index (χ1v) is 7.27. The number of hydrogen-bond acceptors (Lipinski definition) is 0. The van der Waals surface area contributed by atoms with Crippen molar-refractivity contribution in [1.29, 1.82) is 0 Å². The molecule has 0 saturated carbocycles. The normalized spacial score (nSPS) is 18.2. The Morgan fingerprint density at radius 3 is 2.12 bits per heavy atom. The van der Waals surface area contributed by atoms with Gasteiger partial charge in [-0.25, -0.2) is 0 Å². The van der Waals surface area contributed by atoms with Crippen molar-refractivity contribution in [1.82, 2.24) is 0 Å². The smallest absolute Gasteiger partial charge is 0.0203 e. The Hall–Kier alpha value is -0.260. The SMILES string of the molecule is CC/C=C(/CCCC)C(C)C(C)C(C)CC. The third kappa shape index (κ3) is 5.18. The van der Waals surface area contributed by atoms with Gasteiger partial charge in [-0.3, -0.25) is 0 Å². The maximum atomic E-state index is 2.47. The zero-order chi connectivity index (χ0) is 12.6. The van der Waals surface area contributed by atoms with E-state index in [4.69, 9.17) is 0 Å². The Balaban J connectivity index is 4.47. The summed E-state index contributed by atoms with van der Waals surface area (Å²) < 4.78 is 0. The van der Waals surface area contributed by atoms with Gasteiger partial charge in [-0.05, 0) is 37.0 Å². The van der Waals surface area contributed by atoms with Crippen LogP contribution in [0.3, 0.4) is 0 Å². The highest BCUT2D eigenvalue weighted by Crippen LogP contribution is 2.31. The standard InChI is InChI=1S/C16H32/c1-7-10-12-16(11-8-2)15(6)14(5)13(4)9-3/h11,13-15H,7-10,12H2,1-6H3/b16-11-. The van der Waals surface area contributed by atoms with Crippen LogP contribution in [0.2, 0.25) is 0 Å². The van der Waals surface area contributed by atoms with Gasteiger partial charge < -0.3 is 0 Å². The molecule has 0 amide bonds. The van der Waals surface area contributed by atoms with Crippen LogP contribution in [0.5, 0.6) is 0 Å². The fraction of sp³-hybridized carbons (Fsp3) is 0.875. The predicted molar refractivity (Wildman–Crippen MR) is 75.7 cm³/mol. The lowest BCUT2D eigenvalue weighted by Crippen LogP contribution is -2.18. The van der Waals surface area contributed by atoms with E-state index in [1.165, 1.54) is 32.1 Å². The summed E-state index contributed by atoms with van der Waals surface area (Å²) in [6.45, 7) is 14.1. The van der Waals surface area contributed by atoms with Crippen LogP contribution < -0.4 is 0 Å². The first-order valence-electron chi connectivity index (χ1n) is 7.27. The number of rotatable bonds is 8. The largest absolute Gasteiger partial charge is 0.0853 e. The van der Waals surface area contributed by atoms with E-state index < -0.39 is 0 Å². The molecule has 0 aliphatic heterocycles. The van der Waals surface area contributed by atoms with Crippen LogP contribution in [0.25, 0.3) is 0 Å². The van der Waals surface area contributed by atoms with Crippen LogP contribution in [-0.2, 0) is 0 Å². The fourth-order valence-corrected chi connectivity index (χ4v) is 2.36. The molecule has 0 aromatic rings. The summed E-state index contributed by atoms with van der Waals surface area (Å²) in [6, 6.07) is 0. The molecular formula is C16H32. The van der Waals surface area contributed by atoms with E-state index in [-0.39, 0.29) is 0 Å². The quantitative estimate of drug-likeness (QED) is 0.455. The molecule has 96 valence electrons. The monoisotopic (exact) mass is 224 g/mol. The van der Waals surface area contributed by atoms with Crippen LogP contribution in [-0.4, -0.2) is 0 Å². The molecular weight excluding hydrogens is 192 g/mol. The summed E-state index contributed by atoms with van der Waals surface area (Å²) in [5.41, 5.74) is 1.71. The molecule has 0 heterocycles. The molecule has 0 aliphatic rings. The van der Waals surface area contributed by atoms with Gasteiger partial charge in [0.25, 0.3) is 0 Å². The Kier molecular flexibility index (Phi) is 8.70. The summed E-state index contributed by atoms with van der Waals surface area (Å²) in [4.78, 5) is 0. The summed E-state index contributed by atoms with van der Waals surface area (Å²) in [7, 11) is 0. The van der Waals surface area contributed by atoms with E-state index in [0.717, 1.165) is 17.8 Å². The van der Waals surface area contributed by atoms with Gasteiger partial charge in [-0.15, -0.1) is 0 Å². The molecule has 0 N–H and O–H groups in total. The van der Waals surface area contributed by atoms with Crippen LogP contribution in [0, 0.1) is 17.8 Å². The van der Waals surface area contributed by atoms with Crippen molar-refractivity contribution in [2.45, 2.75) is 73.6 Å². The highest BCUT2D eigenvalue weighted by atomic mass is 14.3. The average molecular weight is 224 g/mol. The molecule has 0 aliphatic carbocycles. The first kappa shape index (κ1) is 15.7. The Labute approximate surface area is 104 Å². The molecule has 16 heavy (non-hydrogen) atoms. The van der Waals surface area contributed by atoms with Gasteiger partial charge in [0.05, 0.1) is 0 Å². The molecule has 0 aromatic heterocycles. The average Bonchev–Trinajstić information content (AvgIpc) is 2.31. The van der Waals surface area contributed by atoms with Crippen molar-refractivity contribution in [3.63, 3.8) is 0 Å². The Bertz CT molecular complexity index is 190. The van der Waals surface area contributed by atoms with E-state index in [0.29, 0.717) is 0 Å². The van der Waals surface area contributed by atoms with Crippen molar-refractivity contribution < 1.29 is 0 Å². The zero-order valence-corrected chi connectivity index (χ0v) is 12.3. The summed E-state index contributed by atoms with van der Waals surface area (Å²) in [6.07, 6.45) is 8.94. The lowest BCUT2D eigenvalue weighted by molar-refractivity contribution is 0.296. The van der Waals surface area contributed by atoms with Crippen LogP contribution in [0.1, 0.15) is 73.6 Å². The van der Waals surface area contributed by atoms with E-state index in [1.54, 1.807) is 5.57 Å². The molecule has 0 fully saturated rings. The van der Waals surface area contributed by atoms with Gasteiger partial charge in [0.15, 0.2) is 0 Å². The molecule has 0 bridgehead atoms. The Morgan fingerprint density at radius 1 is 1.06 bits per heavy atom. The summed E-state index contributed by atoms with van der Waals surface area (Å²) in [5, 5.41) is 0.